The summed E-state index contributed by atoms with van der Waals surface area (Å²) in [6, 6.07) is 6.17. The summed E-state index contributed by atoms with van der Waals surface area (Å²) in [5.74, 6) is -0.00739. The van der Waals surface area contributed by atoms with Gasteiger partial charge in [-0.3, -0.25) is 4.79 Å². The normalized spacial score (nSPS) is 12.3. The van der Waals surface area contributed by atoms with Crippen molar-refractivity contribution in [2.24, 2.45) is 11.8 Å². The zero-order chi connectivity index (χ0) is 13.7. The maximum absolute atomic E-state index is 11.7. The second-order valence-electron chi connectivity index (χ2n) is 5.02. The molecule has 1 N–H and O–H groups in total. The van der Waals surface area contributed by atoms with Gasteiger partial charge in [0.25, 0.3) is 0 Å². The molecule has 100 valence electrons. The zero-order valence-electron chi connectivity index (χ0n) is 11.9. The van der Waals surface area contributed by atoms with Gasteiger partial charge >= 0.3 is 5.97 Å². The molecule has 0 saturated carbocycles. The Morgan fingerprint density at radius 2 is 1.83 bits per heavy atom. The predicted molar refractivity (Wildman–Crippen MR) is 74.7 cm³/mol. The minimum atomic E-state index is -0.149. The second kappa shape index (κ2) is 6.43. The summed E-state index contributed by atoms with van der Waals surface area (Å²) >= 11 is 0. The van der Waals surface area contributed by atoms with E-state index in [4.69, 9.17) is 4.74 Å². The van der Waals surface area contributed by atoms with Crippen molar-refractivity contribution in [1.29, 1.82) is 0 Å². The monoisotopic (exact) mass is 249 g/mol. The van der Waals surface area contributed by atoms with E-state index in [-0.39, 0.29) is 17.8 Å². The van der Waals surface area contributed by atoms with Crippen LogP contribution in [0.25, 0.3) is 0 Å². The first-order valence-electron chi connectivity index (χ1n) is 6.35. The number of rotatable bonds is 5. The Kier molecular flexibility index (Phi) is 5.20. The van der Waals surface area contributed by atoms with Crippen molar-refractivity contribution in [1.82, 2.24) is 0 Å². The first-order chi connectivity index (χ1) is 8.47. The third-order valence-corrected chi connectivity index (χ3v) is 3.29. The number of carbonyl (C=O) groups excluding carboxylic acids is 1. The molecule has 0 heterocycles. The fourth-order valence-corrected chi connectivity index (χ4v) is 2.05. The molecule has 1 atom stereocenters. The fraction of sp³-hybridized carbons (Fsp3) is 0.533. The van der Waals surface area contributed by atoms with Crippen LogP contribution >= 0.6 is 0 Å². The Balaban J connectivity index is 2.76. The highest BCUT2D eigenvalue weighted by Crippen LogP contribution is 2.21. The van der Waals surface area contributed by atoms with Crippen LogP contribution in [0.5, 0.6) is 0 Å². The standard InChI is InChI=1S/C15H23NO2/c1-10(2)13(15(17)18-5)9-16-14-11(3)7-6-8-12(14)4/h6-8,10,13,16H,9H2,1-5H3. The minimum Gasteiger partial charge on any atom is -0.469 e. The van der Waals surface area contributed by atoms with Crippen molar-refractivity contribution < 1.29 is 9.53 Å². The number of ether oxygens (including phenoxy) is 1. The lowest BCUT2D eigenvalue weighted by Crippen LogP contribution is -2.29. The molecule has 0 aliphatic heterocycles. The average molecular weight is 249 g/mol. The molecule has 0 aliphatic rings. The molecule has 1 aromatic rings. The van der Waals surface area contributed by atoms with E-state index in [1.165, 1.54) is 18.2 Å². The molecule has 0 fully saturated rings. The van der Waals surface area contributed by atoms with Crippen LogP contribution < -0.4 is 5.32 Å². The van der Waals surface area contributed by atoms with E-state index in [0.717, 1.165) is 5.69 Å². The smallest absolute Gasteiger partial charge is 0.310 e. The first kappa shape index (κ1) is 14.6. The quantitative estimate of drug-likeness (QED) is 0.815. The molecule has 3 heteroatoms. The highest BCUT2D eigenvalue weighted by Gasteiger charge is 2.22. The summed E-state index contributed by atoms with van der Waals surface area (Å²) in [5, 5.41) is 3.38. The lowest BCUT2D eigenvalue weighted by Gasteiger charge is -2.21. The molecule has 3 nitrogen and oxygen atoms in total. The zero-order valence-corrected chi connectivity index (χ0v) is 11.9. The van der Waals surface area contributed by atoms with Gasteiger partial charge in [-0.15, -0.1) is 0 Å². The average Bonchev–Trinajstić information content (AvgIpc) is 2.31. The van der Waals surface area contributed by atoms with Gasteiger partial charge in [-0.05, 0) is 30.9 Å². The Bertz CT molecular complexity index is 393. The van der Waals surface area contributed by atoms with Crippen LogP contribution in [-0.4, -0.2) is 19.6 Å². The molecule has 0 bridgehead atoms. The fourth-order valence-electron chi connectivity index (χ4n) is 2.05. The van der Waals surface area contributed by atoms with Gasteiger partial charge in [-0.1, -0.05) is 32.0 Å². The molecule has 1 unspecified atom stereocenters. The maximum atomic E-state index is 11.7. The molecule has 1 rings (SSSR count). The van der Waals surface area contributed by atoms with Crippen LogP contribution in [-0.2, 0) is 9.53 Å². The van der Waals surface area contributed by atoms with Gasteiger partial charge < -0.3 is 10.1 Å². The molecule has 0 radical (unpaired) electrons. The highest BCUT2D eigenvalue weighted by atomic mass is 16.5. The number of hydrogen-bond donors (Lipinski definition) is 1. The summed E-state index contributed by atoms with van der Waals surface area (Å²) in [6.07, 6.45) is 0. The van der Waals surface area contributed by atoms with Crippen LogP contribution in [0.2, 0.25) is 0 Å². The van der Waals surface area contributed by atoms with Crippen molar-refractivity contribution in [3.8, 4) is 0 Å². The molecule has 1 aromatic carbocycles. The number of para-hydroxylation sites is 1. The van der Waals surface area contributed by atoms with E-state index < -0.39 is 0 Å². The predicted octanol–water partition coefficient (Wildman–Crippen LogP) is 3.16. The van der Waals surface area contributed by atoms with E-state index in [2.05, 4.69) is 31.3 Å². The van der Waals surface area contributed by atoms with E-state index in [1.54, 1.807) is 0 Å². The lowest BCUT2D eigenvalue weighted by molar-refractivity contribution is -0.146. The maximum Gasteiger partial charge on any atom is 0.310 e. The second-order valence-corrected chi connectivity index (χ2v) is 5.02. The van der Waals surface area contributed by atoms with Gasteiger partial charge in [-0.2, -0.15) is 0 Å². The van der Waals surface area contributed by atoms with Crippen LogP contribution in [0, 0.1) is 25.7 Å². The van der Waals surface area contributed by atoms with Crippen LogP contribution in [0.3, 0.4) is 0 Å². The number of esters is 1. The van der Waals surface area contributed by atoms with Gasteiger partial charge in [0.05, 0.1) is 13.0 Å². The number of carbonyl (C=O) groups is 1. The molecular weight excluding hydrogens is 226 g/mol. The van der Waals surface area contributed by atoms with Gasteiger partial charge in [0.15, 0.2) is 0 Å². The summed E-state index contributed by atoms with van der Waals surface area (Å²) in [5.41, 5.74) is 3.51. The Hall–Kier alpha value is -1.51. The van der Waals surface area contributed by atoms with Gasteiger partial charge in [-0.25, -0.2) is 0 Å². The number of hydrogen-bond acceptors (Lipinski definition) is 3. The number of aryl methyl sites for hydroxylation is 2. The lowest BCUT2D eigenvalue weighted by atomic mass is 9.95. The van der Waals surface area contributed by atoms with Crippen molar-refractivity contribution in [2.75, 3.05) is 19.0 Å². The Morgan fingerprint density at radius 3 is 2.28 bits per heavy atom. The largest absolute Gasteiger partial charge is 0.469 e. The summed E-state index contributed by atoms with van der Waals surface area (Å²) < 4.78 is 4.84. The number of methoxy groups -OCH3 is 1. The van der Waals surface area contributed by atoms with E-state index in [0.29, 0.717) is 6.54 Å². The van der Waals surface area contributed by atoms with Crippen molar-refractivity contribution >= 4 is 11.7 Å². The van der Waals surface area contributed by atoms with Gasteiger partial charge in [0, 0.05) is 12.2 Å². The number of anilines is 1. The summed E-state index contributed by atoms with van der Waals surface area (Å²) in [6.45, 7) is 8.81. The molecule has 0 aromatic heterocycles. The van der Waals surface area contributed by atoms with Crippen LogP contribution in [0.1, 0.15) is 25.0 Å². The third kappa shape index (κ3) is 3.49. The topological polar surface area (TPSA) is 38.3 Å². The molecule has 0 spiro atoms. The van der Waals surface area contributed by atoms with E-state index in [9.17, 15) is 4.79 Å². The SMILES string of the molecule is COC(=O)C(CNc1c(C)cccc1C)C(C)C. The van der Waals surface area contributed by atoms with E-state index in [1.807, 2.05) is 19.9 Å². The van der Waals surface area contributed by atoms with Crippen LogP contribution in [0.4, 0.5) is 5.69 Å². The number of benzene rings is 1. The van der Waals surface area contributed by atoms with Crippen LogP contribution in [0.15, 0.2) is 18.2 Å². The third-order valence-electron chi connectivity index (χ3n) is 3.29. The van der Waals surface area contributed by atoms with Crippen molar-refractivity contribution in [3.05, 3.63) is 29.3 Å². The number of nitrogens with one attached hydrogen (secondary N) is 1. The van der Waals surface area contributed by atoms with Gasteiger partial charge in [0.1, 0.15) is 0 Å². The molecular formula is C15H23NO2. The Morgan fingerprint density at radius 1 is 1.28 bits per heavy atom. The van der Waals surface area contributed by atoms with Crippen molar-refractivity contribution in [3.63, 3.8) is 0 Å². The Labute approximate surface area is 110 Å². The molecule has 0 aliphatic carbocycles. The minimum absolute atomic E-state index is 0.117. The first-order valence-corrected chi connectivity index (χ1v) is 6.35. The van der Waals surface area contributed by atoms with Crippen molar-refractivity contribution in [2.45, 2.75) is 27.7 Å². The molecule has 0 saturated heterocycles. The van der Waals surface area contributed by atoms with E-state index >= 15 is 0 Å². The molecule has 0 amide bonds. The highest BCUT2D eigenvalue weighted by molar-refractivity contribution is 5.73. The molecule has 18 heavy (non-hydrogen) atoms. The summed E-state index contributed by atoms with van der Waals surface area (Å²) in [4.78, 5) is 11.7. The van der Waals surface area contributed by atoms with Gasteiger partial charge in [0.2, 0.25) is 0 Å². The summed E-state index contributed by atoms with van der Waals surface area (Å²) in [7, 11) is 1.44.